The maximum absolute atomic E-state index is 9.56. The van der Waals surface area contributed by atoms with Gasteiger partial charge in [-0.2, -0.15) is 5.26 Å². The van der Waals surface area contributed by atoms with Crippen molar-refractivity contribution in [3.63, 3.8) is 0 Å². The van der Waals surface area contributed by atoms with Crippen LogP contribution in [0.15, 0.2) is 24.3 Å². The molecule has 0 saturated carbocycles. The Bertz CT molecular complexity index is 322. The molecule has 0 fully saturated rings. The van der Waals surface area contributed by atoms with Crippen LogP contribution in [0.5, 0.6) is 0 Å². The first-order valence-corrected chi connectivity index (χ1v) is 5.76. The Hall–Kier alpha value is -0.630. The smallest absolute Gasteiger partial charge is 0.0991 e. The Morgan fingerprint density at radius 2 is 2.38 bits per heavy atom. The zero-order valence-electron chi connectivity index (χ0n) is 6.84. The largest absolute Gasteiger partial charge is 0.388 e. The number of thiol groups is 1. The van der Waals surface area contributed by atoms with E-state index < -0.39 is 6.10 Å². The molecule has 4 heteroatoms. The van der Waals surface area contributed by atoms with E-state index in [1.165, 1.54) is 10.8 Å². The van der Waals surface area contributed by atoms with Crippen molar-refractivity contribution in [1.82, 2.24) is 0 Å². The van der Waals surface area contributed by atoms with Crippen LogP contribution >= 0.6 is 22.5 Å². The average Bonchev–Trinajstić information content (AvgIpc) is 2.18. The van der Waals surface area contributed by atoms with Crippen LogP contribution in [-0.2, 0) is 0 Å². The van der Waals surface area contributed by atoms with Crippen molar-refractivity contribution in [2.45, 2.75) is 6.10 Å². The number of aliphatic hydroxyl groups excluding tert-OH is 1. The van der Waals surface area contributed by atoms with E-state index in [0.29, 0.717) is 11.3 Å². The summed E-state index contributed by atoms with van der Waals surface area (Å²) in [6.07, 6.45) is -0.546. The molecule has 0 amide bonds. The molecule has 1 aromatic rings. The van der Waals surface area contributed by atoms with Gasteiger partial charge in [-0.1, -0.05) is 22.9 Å². The van der Waals surface area contributed by atoms with E-state index in [0.717, 1.165) is 5.56 Å². The predicted molar refractivity (Wildman–Crippen MR) is 57.6 cm³/mol. The van der Waals surface area contributed by atoms with Crippen molar-refractivity contribution in [3.05, 3.63) is 35.4 Å². The molecule has 1 atom stereocenters. The molecule has 0 saturated heterocycles. The first-order valence-electron chi connectivity index (χ1n) is 3.72. The van der Waals surface area contributed by atoms with Gasteiger partial charge in [-0.25, -0.2) is 0 Å². The third-order valence-corrected chi connectivity index (χ3v) is 2.54. The van der Waals surface area contributed by atoms with Gasteiger partial charge in [0.2, 0.25) is 0 Å². The van der Waals surface area contributed by atoms with Gasteiger partial charge < -0.3 is 5.11 Å². The zero-order chi connectivity index (χ0) is 9.68. The molecule has 2 nitrogen and oxygen atoms in total. The van der Waals surface area contributed by atoms with Gasteiger partial charge in [-0.3, -0.25) is 0 Å². The lowest BCUT2D eigenvalue weighted by Gasteiger charge is -2.08. The molecule has 0 aliphatic rings. The van der Waals surface area contributed by atoms with Crippen LogP contribution in [0.25, 0.3) is 0 Å². The molecule has 0 radical (unpaired) electrons. The minimum atomic E-state index is -0.546. The number of nitrogens with zero attached hydrogens (tertiary/aromatic N) is 1. The highest BCUT2D eigenvalue weighted by Crippen LogP contribution is 2.20. The fourth-order valence-corrected chi connectivity index (χ4v) is 1.74. The number of hydrogen-bond acceptors (Lipinski definition) is 4. The Labute approximate surface area is 86.4 Å². The van der Waals surface area contributed by atoms with E-state index in [1.54, 1.807) is 24.3 Å². The highest BCUT2D eigenvalue weighted by Gasteiger charge is 2.06. The summed E-state index contributed by atoms with van der Waals surface area (Å²) in [6, 6.07) is 8.99. The van der Waals surface area contributed by atoms with Gasteiger partial charge in [-0.15, -0.1) is 11.7 Å². The summed E-state index contributed by atoms with van der Waals surface area (Å²) < 4.78 is 0. The molecule has 1 N–H and O–H groups in total. The van der Waals surface area contributed by atoms with Gasteiger partial charge >= 0.3 is 0 Å². The molecule has 0 aliphatic carbocycles. The quantitative estimate of drug-likeness (QED) is 0.595. The fraction of sp³-hybridized carbons (Fsp3) is 0.222. The predicted octanol–water partition coefficient (Wildman–Crippen LogP) is 2.17. The number of aliphatic hydroxyl groups is 1. The molecule has 0 aromatic heterocycles. The van der Waals surface area contributed by atoms with Crippen LogP contribution in [0.4, 0.5) is 0 Å². The summed E-state index contributed by atoms with van der Waals surface area (Å²) in [5, 5.41) is 18.2. The van der Waals surface area contributed by atoms with Gasteiger partial charge in [0.15, 0.2) is 0 Å². The lowest BCUT2D eigenvalue weighted by Crippen LogP contribution is -1.99. The number of benzene rings is 1. The lowest BCUT2D eigenvalue weighted by atomic mass is 10.1. The summed E-state index contributed by atoms with van der Waals surface area (Å²) in [5.41, 5.74) is 1.33. The van der Waals surface area contributed by atoms with Crippen LogP contribution in [-0.4, -0.2) is 10.9 Å². The molecule has 68 valence electrons. The summed E-state index contributed by atoms with van der Waals surface area (Å²) in [5.74, 6) is 0.526. The second kappa shape index (κ2) is 5.18. The Balaban J connectivity index is 2.83. The lowest BCUT2D eigenvalue weighted by molar-refractivity contribution is 0.204. The zero-order valence-corrected chi connectivity index (χ0v) is 8.55. The molecule has 1 unspecified atom stereocenters. The average molecular weight is 211 g/mol. The second-order valence-electron chi connectivity index (χ2n) is 2.55. The fourth-order valence-electron chi connectivity index (χ4n) is 0.982. The van der Waals surface area contributed by atoms with Crippen molar-refractivity contribution < 1.29 is 5.11 Å². The Morgan fingerprint density at radius 1 is 1.62 bits per heavy atom. The van der Waals surface area contributed by atoms with E-state index in [9.17, 15) is 5.11 Å². The van der Waals surface area contributed by atoms with Crippen molar-refractivity contribution in [2.24, 2.45) is 0 Å². The summed E-state index contributed by atoms with van der Waals surface area (Å²) in [7, 11) is 1.28. The van der Waals surface area contributed by atoms with E-state index in [1.807, 2.05) is 6.07 Å². The van der Waals surface area contributed by atoms with Crippen molar-refractivity contribution >= 4 is 22.5 Å². The SMILES string of the molecule is N#Cc1cccc(C(O)CSS)c1. The molecule has 13 heavy (non-hydrogen) atoms. The molecular weight excluding hydrogens is 202 g/mol. The summed E-state index contributed by atoms with van der Waals surface area (Å²) >= 11 is 3.95. The van der Waals surface area contributed by atoms with Gasteiger partial charge in [0.05, 0.1) is 17.7 Å². The molecule has 0 aliphatic heterocycles. The van der Waals surface area contributed by atoms with Crippen LogP contribution in [0.1, 0.15) is 17.2 Å². The van der Waals surface area contributed by atoms with Gasteiger partial charge in [-0.05, 0) is 17.7 Å². The van der Waals surface area contributed by atoms with Gasteiger partial charge in [0.25, 0.3) is 0 Å². The highest BCUT2D eigenvalue weighted by molar-refractivity contribution is 8.68. The van der Waals surface area contributed by atoms with Crippen LogP contribution < -0.4 is 0 Å². The van der Waals surface area contributed by atoms with Crippen molar-refractivity contribution in [2.75, 3.05) is 5.75 Å². The van der Waals surface area contributed by atoms with Crippen LogP contribution in [0.3, 0.4) is 0 Å². The van der Waals surface area contributed by atoms with Gasteiger partial charge in [0, 0.05) is 5.75 Å². The third kappa shape index (κ3) is 2.96. The van der Waals surface area contributed by atoms with Crippen LogP contribution in [0.2, 0.25) is 0 Å². The molecular formula is C9H9NOS2. The van der Waals surface area contributed by atoms with Crippen molar-refractivity contribution in [3.8, 4) is 6.07 Å². The number of hydrogen-bond donors (Lipinski definition) is 2. The topological polar surface area (TPSA) is 44.0 Å². The van der Waals surface area contributed by atoms with Gasteiger partial charge in [0.1, 0.15) is 0 Å². The van der Waals surface area contributed by atoms with E-state index in [2.05, 4.69) is 11.7 Å². The van der Waals surface area contributed by atoms with E-state index in [-0.39, 0.29) is 0 Å². The van der Waals surface area contributed by atoms with E-state index >= 15 is 0 Å². The van der Waals surface area contributed by atoms with Crippen LogP contribution in [0, 0.1) is 11.3 Å². The maximum atomic E-state index is 9.56. The molecule has 1 rings (SSSR count). The summed E-state index contributed by atoms with van der Waals surface area (Å²) in [4.78, 5) is 0. The highest BCUT2D eigenvalue weighted by atomic mass is 33.1. The normalized spacial score (nSPS) is 12.1. The minimum absolute atomic E-state index is 0.526. The second-order valence-corrected chi connectivity index (χ2v) is 3.91. The maximum Gasteiger partial charge on any atom is 0.0991 e. The van der Waals surface area contributed by atoms with E-state index in [4.69, 9.17) is 5.26 Å². The number of nitriles is 1. The van der Waals surface area contributed by atoms with Crippen molar-refractivity contribution in [1.29, 1.82) is 5.26 Å². The standard InChI is InChI=1S/C9H9NOS2/c10-5-7-2-1-3-8(4-7)9(11)6-13-12/h1-4,9,11-12H,6H2. The third-order valence-electron chi connectivity index (χ3n) is 1.63. The molecule has 0 bridgehead atoms. The minimum Gasteiger partial charge on any atom is -0.388 e. The Morgan fingerprint density at radius 3 is 3.00 bits per heavy atom. The monoisotopic (exact) mass is 211 g/mol. The summed E-state index contributed by atoms with van der Waals surface area (Å²) in [6.45, 7) is 0. The molecule has 0 heterocycles. The number of rotatable bonds is 3. The molecule has 1 aromatic carbocycles. The Kier molecular flexibility index (Phi) is 4.16. The first-order chi connectivity index (χ1) is 6.27. The molecule has 0 spiro atoms. The first kappa shape index (κ1) is 10.5.